The molecule has 1 aliphatic heterocycles. The van der Waals surface area contributed by atoms with Crippen LogP contribution in [-0.4, -0.2) is 54.4 Å². The molecule has 3 rings (SSSR count). The number of likely N-dealkylation sites (tertiary alicyclic amines) is 1. The van der Waals surface area contributed by atoms with E-state index in [2.05, 4.69) is 0 Å². The molecule has 1 saturated heterocycles. The minimum Gasteiger partial charge on any atom is -0.493 e. The number of aryl methyl sites for hydroxylation is 1. The molecule has 2 aliphatic rings. The first-order valence-electron chi connectivity index (χ1n) is 9.79. The second-order valence-corrected chi connectivity index (χ2v) is 7.61. The lowest BCUT2D eigenvalue weighted by Crippen LogP contribution is -2.38. The lowest BCUT2D eigenvalue weighted by atomic mass is 10.1. The quantitative estimate of drug-likeness (QED) is 0.704. The Morgan fingerprint density at radius 1 is 1.27 bits per heavy atom. The van der Waals surface area contributed by atoms with Crippen LogP contribution in [0.2, 0.25) is 0 Å². The Bertz CT molecular complexity index is 640. The van der Waals surface area contributed by atoms with E-state index in [1.165, 1.54) is 12.8 Å². The molecule has 1 heterocycles. The maximum absolute atomic E-state index is 12.7. The van der Waals surface area contributed by atoms with Gasteiger partial charge >= 0.3 is 0 Å². The number of carbonyl (C=O) groups is 2. The van der Waals surface area contributed by atoms with Crippen LogP contribution < -0.4 is 4.74 Å². The highest BCUT2D eigenvalue weighted by molar-refractivity contribution is 5.89. The summed E-state index contributed by atoms with van der Waals surface area (Å²) in [7, 11) is 1.83. The summed E-state index contributed by atoms with van der Waals surface area (Å²) in [5, 5.41) is 0. The van der Waals surface area contributed by atoms with Crippen molar-refractivity contribution in [3.05, 3.63) is 29.8 Å². The molecule has 5 heteroatoms. The zero-order chi connectivity index (χ0) is 18.5. The molecule has 0 N–H and O–H groups in total. The summed E-state index contributed by atoms with van der Waals surface area (Å²) in [6.07, 6.45) is 5.75. The summed E-state index contributed by atoms with van der Waals surface area (Å²) in [6.45, 7) is 3.86. The average Bonchev–Trinajstić information content (AvgIpc) is 3.28. The van der Waals surface area contributed by atoms with E-state index in [1.54, 1.807) is 4.90 Å². The highest BCUT2D eigenvalue weighted by atomic mass is 16.5. The SMILES string of the molecule is Cc1ccccc1OCCCN(C)C(=O)[C@H]1CC(=O)N(C2CCCC2)C1. The summed E-state index contributed by atoms with van der Waals surface area (Å²) in [5.74, 6) is 0.974. The molecular weight excluding hydrogens is 328 g/mol. The lowest BCUT2D eigenvalue weighted by molar-refractivity contribution is -0.134. The van der Waals surface area contributed by atoms with E-state index in [4.69, 9.17) is 4.74 Å². The van der Waals surface area contributed by atoms with Crippen LogP contribution in [0.5, 0.6) is 5.75 Å². The zero-order valence-electron chi connectivity index (χ0n) is 15.9. The molecule has 0 radical (unpaired) electrons. The summed E-state index contributed by atoms with van der Waals surface area (Å²) in [6, 6.07) is 8.31. The minimum absolute atomic E-state index is 0.0924. The molecule has 142 valence electrons. The Morgan fingerprint density at radius 2 is 2.00 bits per heavy atom. The molecule has 1 aromatic rings. The van der Waals surface area contributed by atoms with Crippen LogP contribution in [0.15, 0.2) is 24.3 Å². The molecule has 0 aromatic heterocycles. The molecule has 0 unspecified atom stereocenters. The molecule has 2 fully saturated rings. The monoisotopic (exact) mass is 358 g/mol. The maximum Gasteiger partial charge on any atom is 0.227 e. The Balaban J connectivity index is 1.42. The van der Waals surface area contributed by atoms with Gasteiger partial charge in [0.15, 0.2) is 0 Å². The van der Waals surface area contributed by atoms with E-state index in [1.807, 2.05) is 43.1 Å². The highest BCUT2D eigenvalue weighted by Crippen LogP contribution is 2.30. The smallest absolute Gasteiger partial charge is 0.227 e. The Kier molecular flexibility index (Phi) is 6.17. The number of ether oxygens (including phenoxy) is 1. The van der Waals surface area contributed by atoms with Crippen molar-refractivity contribution in [1.82, 2.24) is 9.80 Å². The van der Waals surface area contributed by atoms with Crippen molar-refractivity contribution in [1.29, 1.82) is 0 Å². The van der Waals surface area contributed by atoms with Crippen molar-refractivity contribution in [2.45, 2.75) is 51.5 Å². The third-order valence-corrected chi connectivity index (χ3v) is 5.64. The van der Waals surface area contributed by atoms with Gasteiger partial charge in [-0.25, -0.2) is 0 Å². The molecule has 0 bridgehead atoms. The molecule has 1 saturated carbocycles. The van der Waals surface area contributed by atoms with Crippen LogP contribution >= 0.6 is 0 Å². The minimum atomic E-state index is -0.176. The van der Waals surface area contributed by atoms with Crippen molar-refractivity contribution in [3.63, 3.8) is 0 Å². The van der Waals surface area contributed by atoms with Crippen LogP contribution in [0.25, 0.3) is 0 Å². The standard InChI is InChI=1S/C21H30N2O3/c1-16-8-3-6-11-19(16)26-13-7-12-22(2)21(25)17-14-20(24)23(15-17)18-9-4-5-10-18/h3,6,8,11,17-18H,4-5,7,9-10,12-15H2,1-2H3/t17-/m0/s1. The number of carbonyl (C=O) groups excluding carboxylic acids is 2. The molecule has 26 heavy (non-hydrogen) atoms. The number of hydrogen-bond donors (Lipinski definition) is 0. The summed E-state index contributed by atoms with van der Waals surface area (Å²) < 4.78 is 5.79. The average molecular weight is 358 g/mol. The number of rotatable bonds is 7. The fraction of sp³-hybridized carbons (Fsp3) is 0.619. The number of benzene rings is 1. The van der Waals surface area contributed by atoms with Gasteiger partial charge in [-0.15, -0.1) is 0 Å². The highest BCUT2D eigenvalue weighted by Gasteiger charge is 2.39. The van der Waals surface area contributed by atoms with E-state index in [9.17, 15) is 9.59 Å². The first-order valence-corrected chi connectivity index (χ1v) is 9.79. The molecule has 0 spiro atoms. The topological polar surface area (TPSA) is 49.9 Å². The van der Waals surface area contributed by atoms with Gasteiger partial charge in [0.2, 0.25) is 11.8 Å². The summed E-state index contributed by atoms with van der Waals surface area (Å²) in [4.78, 5) is 28.7. The maximum atomic E-state index is 12.7. The van der Waals surface area contributed by atoms with Gasteiger partial charge in [-0.3, -0.25) is 9.59 Å². The Labute approximate surface area is 156 Å². The van der Waals surface area contributed by atoms with Gasteiger partial charge in [0.1, 0.15) is 5.75 Å². The van der Waals surface area contributed by atoms with Gasteiger partial charge in [-0.1, -0.05) is 31.0 Å². The predicted octanol–water partition coefficient (Wildman–Crippen LogP) is 3.01. The number of hydrogen-bond acceptors (Lipinski definition) is 3. The predicted molar refractivity (Wildman–Crippen MR) is 101 cm³/mol. The Hall–Kier alpha value is -2.04. The van der Waals surface area contributed by atoms with E-state index in [0.29, 0.717) is 32.2 Å². The van der Waals surface area contributed by atoms with Crippen molar-refractivity contribution in [2.75, 3.05) is 26.7 Å². The third-order valence-electron chi connectivity index (χ3n) is 5.64. The van der Waals surface area contributed by atoms with Crippen molar-refractivity contribution in [3.8, 4) is 5.75 Å². The number of nitrogens with zero attached hydrogens (tertiary/aromatic N) is 2. The van der Waals surface area contributed by atoms with Crippen LogP contribution in [0, 0.1) is 12.8 Å². The van der Waals surface area contributed by atoms with Gasteiger partial charge in [-0.05, 0) is 37.8 Å². The van der Waals surface area contributed by atoms with Gasteiger partial charge < -0.3 is 14.5 Å². The summed E-state index contributed by atoms with van der Waals surface area (Å²) in [5.41, 5.74) is 1.12. The van der Waals surface area contributed by atoms with Crippen molar-refractivity contribution < 1.29 is 14.3 Å². The van der Waals surface area contributed by atoms with E-state index < -0.39 is 0 Å². The first kappa shape index (κ1) is 18.7. The fourth-order valence-electron chi connectivity index (χ4n) is 4.09. The fourth-order valence-corrected chi connectivity index (χ4v) is 4.09. The lowest BCUT2D eigenvalue weighted by Gasteiger charge is -2.25. The molecule has 1 aliphatic carbocycles. The Morgan fingerprint density at radius 3 is 2.73 bits per heavy atom. The summed E-state index contributed by atoms with van der Waals surface area (Å²) >= 11 is 0. The number of amides is 2. The van der Waals surface area contributed by atoms with Crippen LogP contribution in [0.3, 0.4) is 0 Å². The second kappa shape index (κ2) is 8.56. The normalized spacial score (nSPS) is 20.6. The first-order chi connectivity index (χ1) is 12.6. The second-order valence-electron chi connectivity index (χ2n) is 7.61. The van der Waals surface area contributed by atoms with E-state index >= 15 is 0 Å². The number of para-hydroxylation sites is 1. The molecule has 5 nitrogen and oxygen atoms in total. The van der Waals surface area contributed by atoms with Gasteiger partial charge in [0.25, 0.3) is 0 Å². The van der Waals surface area contributed by atoms with Gasteiger partial charge in [0, 0.05) is 32.6 Å². The van der Waals surface area contributed by atoms with Crippen LogP contribution in [0.4, 0.5) is 0 Å². The van der Waals surface area contributed by atoms with Crippen LogP contribution in [-0.2, 0) is 9.59 Å². The molecule has 2 amide bonds. The van der Waals surface area contributed by atoms with Gasteiger partial charge in [0.05, 0.1) is 12.5 Å². The van der Waals surface area contributed by atoms with E-state index in [0.717, 1.165) is 30.6 Å². The van der Waals surface area contributed by atoms with E-state index in [-0.39, 0.29) is 17.7 Å². The molecule has 1 atom stereocenters. The largest absolute Gasteiger partial charge is 0.493 e. The molecular formula is C21H30N2O3. The van der Waals surface area contributed by atoms with Crippen molar-refractivity contribution in [2.24, 2.45) is 5.92 Å². The third kappa shape index (κ3) is 4.37. The molecule has 1 aromatic carbocycles. The zero-order valence-corrected chi connectivity index (χ0v) is 15.9. The van der Waals surface area contributed by atoms with Crippen LogP contribution in [0.1, 0.15) is 44.1 Å². The van der Waals surface area contributed by atoms with Gasteiger partial charge in [-0.2, -0.15) is 0 Å². The van der Waals surface area contributed by atoms with Crippen molar-refractivity contribution >= 4 is 11.8 Å².